The van der Waals surface area contributed by atoms with Gasteiger partial charge in [-0.25, -0.2) is 0 Å². The Morgan fingerprint density at radius 3 is 2.26 bits per heavy atom. The van der Waals surface area contributed by atoms with Crippen molar-refractivity contribution < 1.29 is 23.9 Å². The molecular weight excluding hydrogens is 348 g/mol. The minimum Gasteiger partial charge on any atom is -0.379 e. The summed E-state index contributed by atoms with van der Waals surface area (Å²) in [4.78, 5) is 49.1. The number of imide groups is 1. The Morgan fingerprint density at radius 2 is 1.74 bits per heavy atom. The molecule has 0 spiro atoms. The molecule has 1 heterocycles. The molecule has 1 atom stereocenters. The lowest BCUT2D eigenvalue weighted by Crippen LogP contribution is -2.42. The molecule has 27 heavy (non-hydrogen) atoms. The van der Waals surface area contributed by atoms with Gasteiger partial charge in [0.15, 0.2) is 0 Å². The average Bonchev–Trinajstić information content (AvgIpc) is 2.77. The first-order chi connectivity index (χ1) is 12.3. The van der Waals surface area contributed by atoms with E-state index in [4.69, 9.17) is 4.74 Å². The maximum absolute atomic E-state index is 12.3. The number of nitrogens with one attached hydrogen (secondary N) is 1. The van der Waals surface area contributed by atoms with Crippen molar-refractivity contribution in [2.24, 2.45) is 16.7 Å². The number of hydrogen-bond acceptors (Lipinski definition) is 5. The second-order valence-corrected chi connectivity index (χ2v) is 9.43. The highest BCUT2D eigenvalue weighted by Crippen LogP contribution is 2.35. The van der Waals surface area contributed by atoms with E-state index in [0.717, 1.165) is 4.90 Å². The van der Waals surface area contributed by atoms with Crippen LogP contribution in [0.5, 0.6) is 0 Å². The van der Waals surface area contributed by atoms with Gasteiger partial charge in [0.1, 0.15) is 12.3 Å². The van der Waals surface area contributed by atoms with Crippen LogP contribution in [0.25, 0.3) is 0 Å². The van der Waals surface area contributed by atoms with Crippen molar-refractivity contribution >= 4 is 23.5 Å². The van der Waals surface area contributed by atoms with Crippen LogP contribution >= 0.6 is 0 Å². The summed E-state index contributed by atoms with van der Waals surface area (Å²) in [5.74, 6) is -1.20. The number of nitrogens with zero attached hydrogens (tertiary/aromatic N) is 1. The van der Waals surface area contributed by atoms with Crippen LogP contribution in [0.15, 0.2) is 0 Å². The van der Waals surface area contributed by atoms with Gasteiger partial charge in [0, 0.05) is 25.8 Å². The first kappa shape index (κ1) is 23.3. The van der Waals surface area contributed by atoms with E-state index in [2.05, 4.69) is 5.32 Å². The number of ether oxygens (including phenoxy) is 1. The van der Waals surface area contributed by atoms with E-state index in [0.29, 0.717) is 19.4 Å². The van der Waals surface area contributed by atoms with E-state index in [1.807, 2.05) is 41.5 Å². The molecule has 0 aromatic heterocycles. The van der Waals surface area contributed by atoms with Crippen molar-refractivity contribution in [3.05, 3.63) is 0 Å². The summed E-state index contributed by atoms with van der Waals surface area (Å²) in [7, 11) is 0. The number of carbonyl (C=O) groups is 4. The molecular formula is C20H34N2O5. The van der Waals surface area contributed by atoms with Crippen molar-refractivity contribution in [1.82, 2.24) is 10.2 Å². The third-order valence-electron chi connectivity index (χ3n) is 4.41. The third kappa shape index (κ3) is 8.20. The lowest BCUT2D eigenvalue weighted by molar-refractivity contribution is -0.144. The van der Waals surface area contributed by atoms with Gasteiger partial charge in [-0.2, -0.15) is 0 Å². The molecule has 1 fully saturated rings. The molecule has 0 bridgehead atoms. The van der Waals surface area contributed by atoms with Crippen LogP contribution in [0.1, 0.15) is 60.8 Å². The van der Waals surface area contributed by atoms with E-state index in [1.54, 1.807) is 0 Å². The summed E-state index contributed by atoms with van der Waals surface area (Å²) in [5, 5.41) is 2.64. The van der Waals surface area contributed by atoms with Gasteiger partial charge >= 0.3 is 0 Å². The van der Waals surface area contributed by atoms with E-state index < -0.39 is 5.91 Å². The Morgan fingerprint density at radius 1 is 1.11 bits per heavy atom. The maximum atomic E-state index is 12.3. The van der Waals surface area contributed by atoms with Crippen LogP contribution in [0.2, 0.25) is 0 Å². The van der Waals surface area contributed by atoms with E-state index >= 15 is 0 Å². The molecule has 1 rings (SSSR count). The number of hydrogen-bond donors (Lipinski definition) is 1. The second kappa shape index (κ2) is 9.44. The monoisotopic (exact) mass is 382 g/mol. The predicted molar refractivity (Wildman–Crippen MR) is 102 cm³/mol. The number of amides is 3. The SMILES string of the molecule is CC(C)(C)CC(=O)CCOCCNC(=O)CN1C(=O)CC(C(C)(C)C)C1=O. The molecule has 7 heteroatoms. The number of Topliss-reactive ketones (excluding diaryl/α,β-unsaturated/α-hetero) is 1. The molecule has 1 aliphatic rings. The lowest BCUT2D eigenvalue weighted by atomic mass is 9.80. The van der Waals surface area contributed by atoms with Crippen molar-refractivity contribution in [2.45, 2.75) is 60.8 Å². The predicted octanol–water partition coefficient (Wildman–Crippen LogP) is 1.94. The summed E-state index contributed by atoms with van der Waals surface area (Å²) in [6.45, 7) is 12.4. The standard InChI is InChI=1S/C20H34N2O5/c1-19(2,3)12-14(23)7-9-27-10-8-21-16(24)13-22-17(25)11-15(18(22)26)20(4,5)6/h15H,7-13H2,1-6H3,(H,21,24). The van der Waals surface area contributed by atoms with Crippen molar-refractivity contribution in [3.8, 4) is 0 Å². The van der Waals surface area contributed by atoms with Crippen molar-refractivity contribution in [3.63, 3.8) is 0 Å². The second-order valence-electron chi connectivity index (χ2n) is 9.43. The van der Waals surface area contributed by atoms with Gasteiger partial charge in [0.25, 0.3) is 0 Å². The number of rotatable bonds is 9. The normalized spacial score (nSPS) is 18.1. The van der Waals surface area contributed by atoms with Crippen molar-refractivity contribution in [2.75, 3.05) is 26.3 Å². The zero-order valence-corrected chi connectivity index (χ0v) is 17.5. The highest BCUT2D eigenvalue weighted by atomic mass is 16.5. The van der Waals surface area contributed by atoms with Gasteiger partial charge < -0.3 is 10.1 Å². The van der Waals surface area contributed by atoms with E-state index in [-0.39, 0.29) is 60.5 Å². The Labute approximate surface area is 162 Å². The van der Waals surface area contributed by atoms with Crippen LogP contribution in [-0.2, 0) is 23.9 Å². The fourth-order valence-corrected chi connectivity index (χ4v) is 2.96. The molecule has 7 nitrogen and oxygen atoms in total. The summed E-state index contributed by atoms with van der Waals surface area (Å²) in [5.41, 5.74) is -0.336. The molecule has 0 radical (unpaired) electrons. The molecule has 1 unspecified atom stereocenters. The van der Waals surface area contributed by atoms with Gasteiger partial charge in [-0.05, 0) is 10.8 Å². The van der Waals surface area contributed by atoms with E-state index in [9.17, 15) is 19.2 Å². The van der Waals surface area contributed by atoms with Crippen LogP contribution in [0.4, 0.5) is 0 Å². The lowest BCUT2D eigenvalue weighted by Gasteiger charge is -2.24. The highest BCUT2D eigenvalue weighted by Gasteiger charge is 2.44. The topological polar surface area (TPSA) is 92.8 Å². The number of ketones is 1. The highest BCUT2D eigenvalue weighted by molar-refractivity contribution is 6.06. The molecule has 1 aliphatic heterocycles. The molecule has 0 saturated carbocycles. The molecule has 1 N–H and O–H groups in total. The van der Waals surface area contributed by atoms with Gasteiger partial charge in [0.05, 0.1) is 19.1 Å². The maximum Gasteiger partial charge on any atom is 0.240 e. The summed E-state index contributed by atoms with van der Waals surface area (Å²) >= 11 is 0. The van der Waals surface area contributed by atoms with Crippen LogP contribution in [0.3, 0.4) is 0 Å². The van der Waals surface area contributed by atoms with Gasteiger partial charge in [-0.1, -0.05) is 41.5 Å². The first-order valence-corrected chi connectivity index (χ1v) is 9.51. The molecule has 154 valence electrons. The first-order valence-electron chi connectivity index (χ1n) is 9.51. The molecule has 0 aliphatic carbocycles. The molecule has 0 aromatic carbocycles. The number of likely N-dealkylation sites (tertiary alicyclic amines) is 1. The Hall–Kier alpha value is -1.76. The summed E-state index contributed by atoms with van der Waals surface area (Å²) < 4.78 is 5.36. The van der Waals surface area contributed by atoms with Crippen LogP contribution in [-0.4, -0.2) is 54.7 Å². The van der Waals surface area contributed by atoms with Crippen LogP contribution in [0, 0.1) is 16.7 Å². The Balaban J connectivity index is 2.24. The Bertz CT molecular complexity index is 572. The minimum atomic E-state index is -0.390. The van der Waals surface area contributed by atoms with E-state index in [1.165, 1.54) is 0 Å². The smallest absolute Gasteiger partial charge is 0.240 e. The molecule has 3 amide bonds. The van der Waals surface area contributed by atoms with Gasteiger partial charge in [-0.3, -0.25) is 24.1 Å². The quantitative estimate of drug-likeness (QED) is 0.486. The Kier molecular flexibility index (Phi) is 8.14. The van der Waals surface area contributed by atoms with Crippen LogP contribution < -0.4 is 5.32 Å². The third-order valence-corrected chi connectivity index (χ3v) is 4.41. The summed E-state index contributed by atoms with van der Waals surface area (Å²) in [6.07, 6.45) is 1.03. The molecule has 0 aromatic rings. The van der Waals surface area contributed by atoms with Crippen molar-refractivity contribution in [1.29, 1.82) is 0 Å². The zero-order chi connectivity index (χ0) is 20.8. The molecule has 1 saturated heterocycles. The zero-order valence-electron chi connectivity index (χ0n) is 17.5. The minimum absolute atomic E-state index is 0.0263. The fraction of sp³-hybridized carbons (Fsp3) is 0.800. The number of carbonyl (C=O) groups excluding carboxylic acids is 4. The largest absolute Gasteiger partial charge is 0.379 e. The average molecular weight is 383 g/mol. The fourth-order valence-electron chi connectivity index (χ4n) is 2.96. The van der Waals surface area contributed by atoms with Gasteiger partial charge in [0.2, 0.25) is 17.7 Å². The summed E-state index contributed by atoms with van der Waals surface area (Å²) in [6, 6.07) is 0. The van der Waals surface area contributed by atoms with Gasteiger partial charge in [-0.15, -0.1) is 0 Å².